The Morgan fingerprint density at radius 3 is 2.75 bits per heavy atom. The van der Waals surface area contributed by atoms with Gasteiger partial charge in [-0.05, 0) is 42.4 Å². The summed E-state index contributed by atoms with van der Waals surface area (Å²) in [7, 11) is 0. The third kappa shape index (κ3) is 1.37. The van der Waals surface area contributed by atoms with Crippen molar-refractivity contribution in [1.29, 1.82) is 0 Å². The summed E-state index contributed by atoms with van der Waals surface area (Å²) in [6.45, 7) is 1.93. The van der Waals surface area contributed by atoms with Gasteiger partial charge in [-0.25, -0.2) is 0 Å². The lowest BCUT2D eigenvalue weighted by Gasteiger charge is -1.98. The van der Waals surface area contributed by atoms with Gasteiger partial charge < -0.3 is 10.3 Å². The van der Waals surface area contributed by atoms with Crippen LogP contribution in [0.1, 0.15) is 43.2 Å². The molecule has 66 valence electrons. The number of hydrogen-bond donors (Lipinski definition) is 1. The molecule has 2 N–H and O–H groups in total. The van der Waals surface area contributed by atoms with Gasteiger partial charge in [0.2, 0.25) is 0 Å². The summed E-state index contributed by atoms with van der Waals surface area (Å²) >= 11 is 2.27. The SMILES string of the molecule is CC(N)c1noc(C2CC2)c1I. The molecule has 1 aromatic rings. The average Bonchev–Trinajstić information content (AvgIpc) is 2.75. The molecule has 0 aromatic carbocycles. The van der Waals surface area contributed by atoms with Crippen molar-refractivity contribution in [1.82, 2.24) is 5.16 Å². The summed E-state index contributed by atoms with van der Waals surface area (Å²) in [6.07, 6.45) is 2.48. The number of nitrogens with two attached hydrogens (primary N) is 1. The largest absolute Gasteiger partial charge is 0.360 e. The molecule has 1 unspecified atom stereocenters. The van der Waals surface area contributed by atoms with Gasteiger partial charge in [0.15, 0.2) is 5.76 Å². The van der Waals surface area contributed by atoms with Crippen LogP contribution in [0.2, 0.25) is 0 Å². The molecule has 0 amide bonds. The van der Waals surface area contributed by atoms with E-state index in [9.17, 15) is 0 Å². The van der Waals surface area contributed by atoms with E-state index in [4.69, 9.17) is 10.3 Å². The molecule has 3 nitrogen and oxygen atoms in total. The Balaban J connectivity index is 2.33. The first-order valence-corrected chi connectivity index (χ1v) is 5.18. The minimum atomic E-state index is -0.0202. The Morgan fingerprint density at radius 1 is 1.67 bits per heavy atom. The van der Waals surface area contributed by atoms with Crippen molar-refractivity contribution in [2.75, 3.05) is 0 Å². The third-order valence-electron chi connectivity index (χ3n) is 2.06. The van der Waals surface area contributed by atoms with Gasteiger partial charge in [-0.2, -0.15) is 0 Å². The van der Waals surface area contributed by atoms with E-state index in [1.54, 1.807) is 0 Å². The Hall–Kier alpha value is -0.100. The van der Waals surface area contributed by atoms with Crippen molar-refractivity contribution >= 4 is 22.6 Å². The first kappa shape index (κ1) is 8.50. The number of rotatable bonds is 2. The van der Waals surface area contributed by atoms with Crippen LogP contribution in [0.4, 0.5) is 0 Å². The van der Waals surface area contributed by atoms with Gasteiger partial charge in [0.25, 0.3) is 0 Å². The molecule has 1 atom stereocenters. The fourth-order valence-corrected chi connectivity index (χ4v) is 2.32. The van der Waals surface area contributed by atoms with E-state index in [-0.39, 0.29) is 6.04 Å². The summed E-state index contributed by atoms with van der Waals surface area (Å²) in [6, 6.07) is -0.0202. The van der Waals surface area contributed by atoms with Gasteiger partial charge in [0.05, 0.1) is 3.57 Å². The molecule has 2 rings (SSSR count). The smallest absolute Gasteiger partial charge is 0.153 e. The van der Waals surface area contributed by atoms with Gasteiger partial charge in [-0.1, -0.05) is 5.16 Å². The zero-order valence-electron chi connectivity index (χ0n) is 6.88. The number of halogens is 1. The van der Waals surface area contributed by atoms with Crippen LogP contribution in [-0.2, 0) is 0 Å². The summed E-state index contributed by atoms with van der Waals surface area (Å²) in [5.41, 5.74) is 6.62. The molecule has 0 radical (unpaired) electrons. The second-order valence-corrected chi connectivity index (χ2v) is 4.39. The normalized spacial score (nSPS) is 19.6. The van der Waals surface area contributed by atoms with Crippen molar-refractivity contribution in [2.45, 2.75) is 31.7 Å². The van der Waals surface area contributed by atoms with Crippen LogP contribution in [-0.4, -0.2) is 5.16 Å². The quantitative estimate of drug-likeness (QED) is 0.843. The van der Waals surface area contributed by atoms with E-state index in [0.717, 1.165) is 15.0 Å². The maximum atomic E-state index is 5.72. The third-order valence-corrected chi connectivity index (χ3v) is 3.15. The van der Waals surface area contributed by atoms with Crippen LogP contribution in [0.25, 0.3) is 0 Å². The van der Waals surface area contributed by atoms with Crippen LogP contribution in [0.3, 0.4) is 0 Å². The molecular weight excluding hydrogens is 267 g/mol. The Kier molecular flexibility index (Phi) is 2.12. The molecule has 1 heterocycles. The van der Waals surface area contributed by atoms with Crippen LogP contribution in [0.15, 0.2) is 4.52 Å². The highest BCUT2D eigenvalue weighted by Gasteiger charge is 2.31. The highest BCUT2D eigenvalue weighted by molar-refractivity contribution is 14.1. The molecule has 12 heavy (non-hydrogen) atoms. The maximum Gasteiger partial charge on any atom is 0.153 e. The summed E-state index contributed by atoms with van der Waals surface area (Å²) in [5, 5.41) is 3.97. The molecule has 1 aliphatic carbocycles. The first-order valence-electron chi connectivity index (χ1n) is 4.10. The zero-order chi connectivity index (χ0) is 8.72. The van der Waals surface area contributed by atoms with E-state index in [1.165, 1.54) is 12.8 Å². The fraction of sp³-hybridized carbons (Fsp3) is 0.625. The second-order valence-electron chi connectivity index (χ2n) is 3.31. The Morgan fingerprint density at radius 2 is 2.33 bits per heavy atom. The van der Waals surface area contributed by atoms with Crippen LogP contribution >= 0.6 is 22.6 Å². The maximum absolute atomic E-state index is 5.72. The average molecular weight is 278 g/mol. The molecule has 1 aromatic heterocycles. The van der Waals surface area contributed by atoms with Crippen molar-refractivity contribution in [3.8, 4) is 0 Å². The highest BCUT2D eigenvalue weighted by atomic mass is 127. The molecule has 4 heteroatoms. The van der Waals surface area contributed by atoms with Crippen molar-refractivity contribution in [3.63, 3.8) is 0 Å². The predicted octanol–water partition coefficient (Wildman–Crippen LogP) is 2.18. The van der Waals surface area contributed by atoms with Gasteiger partial charge in [-0.15, -0.1) is 0 Å². The molecule has 1 fully saturated rings. The minimum Gasteiger partial charge on any atom is -0.360 e. The first-order chi connectivity index (χ1) is 5.70. The van der Waals surface area contributed by atoms with Gasteiger partial charge in [0, 0.05) is 12.0 Å². The summed E-state index contributed by atoms with van der Waals surface area (Å²) < 4.78 is 6.37. The van der Waals surface area contributed by atoms with E-state index < -0.39 is 0 Å². The van der Waals surface area contributed by atoms with Crippen molar-refractivity contribution < 1.29 is 4.52 Å². The van der Waals surface area contributed by atoms with E-state index in [1.807, 2.05) is 6.92 Å². The number of hydrogen-bond acceptors (Lipinski definition) is 3. The number of nitrogens with zero attached hydrogens (tertiary/aromatic N) is 1. The topological polar surface area (TPSA) is 52.0 Å². The van der Waals surface area contributed by atoms with Crippen molar-refractivity contribution in [3.05, 3.63) is 15.0 Å². The van der Waals surface area contributed by atoms with E-state index >= 15 is 0 Å². The lowest BCUT2D eigenvalue weighted by molar-refractivity contribution is 0.374. The molecule has 0 spiro atoms. The fourth-order valence-electron chi connectivity index (χ4n) is 1.19. The summed E-state index contributed by atoms with van der Waals surface area (Å²) in [4.78, 5) is 0. The van der Waals surface area contributed by atoms with Crippen LogP contribution in [0.5, 0.6) is 0 Å². The van der Waals surface area contributed by atoms with Gasteiger partial charge in [0.1, 0.15) is 5.69 Å². The molecule has 0 aliphatic heterocycles. The molecule has 1 saturated carbocycles. The van der Waals surface area contributed by atoms with Crippen LogP contribution in [0, 0.1) is 3.57 Å². The van der Waals surface area contributed by atoms with E-state index in [0.29, 0.717) is 5.92 Å². The Labute approximate surface area is 84.8 Å². The lowest BCUT2D eigenvalue weighted by Crippen LogP contribution is -2.06. The molecular formula is C8H11IN2O. The van der Waals surface area contributed by atoms with Crippen molar-refractivity contribution in [2.24, 2.45) is 5.73 Å². The molecule has 0 bridgehead atoms. The minimum absolute atomic E-state index is 0.0202. The van der Waals surface area contributed by atoms with E-state index in [2.05, 4.69) is 27.7 Å². The zero-order valence-corrected chi connectivity index (χ0v) is 9.04. The lowest BCUT2D eigenvalue weighted by atomic mass is 10.2. The van der Waals surface area contributed by atoms with Gasteiger partial charge >= 0.3 is 0 Å². The highest BCUT2D eigenvalue weighted by Crippen LogP contribution is 2.43. The second kappa shape index (κ2) is 2.99. The Bertz CT molecular complexity index is 272. The molecule has 1 aliphatic rings. The predicted molar refractivity (Wildman–Crippen MR) is 53.8 cm³/mol. The van der Waals surface area contributed by atoms with Crippen LogP contribution < -0.4 is 5.73 Å². The van der Waals surface area contributed by atoms with Gasteiger partial charge in [-0.3, -0.25) is 0 Å². The number of aromatic nitrogens is 1. The molecule has 0 saturated heterocycles. The summed E-state index contributed by atoms with van der Waals surface area (Å²) in [5.74, 6) is 1.67. The standard InChI is InChI=1S/C8H11IN2O/c1-4(10)7-6(9)8(12-11-7)5-2-3-5/h4-5H,2-3,10H2,1H3. The monoisotopic (exact) mass is 278 g/mol.